The number of nitrogens with zero attached hydrogens (tertiary/aromatic N) is 4. The Kier molecular flexibility index (Phi) is 7.23. The second-order valence-electron chi connectivity index (χ2n) is 11.6. The van der Waals surface area contributed by atoms with Crippen molar-refractivity contribution in [3.63, 3.8) is 0 Å². The predicted molar refractivity (Wildman–Crippen MR) is 197 cm³/mol. The van der Waals surface area contributed by atoms with Crippen molar-refractivity contribution in [1.29, 1.82) is 5.26 Å². The number of aromatic nitrogens is 1. The maximum absolute atomic E-state index is 10.6. The molecule has 0 bridgehead atoms. The topological polar surface area (TPSA) is 36.3 Å². The number of nitriles is 1. The van der Waals surface area contributed by atoms with E-state index in [0.29, 0.717) is 22.6 Å². The van der Waals surface area contributed by atoms with Gasteiger partial charge >= 0.3 is 0 Å². The number of rotatable bonds is 6. The summed E-state index contributed by atoms with van der Waals surface area (Å²) < 4.78 is 2.11. The summed E-state index contributed by atoms with van der Waals surface area (Å²) in [4.78, 5) is 6.28. The first kappa shape index (κ1) is 28.6. The van der Waals surface area contributed by atoms with E-state index in [-0.39, 0.29) is 0 Å². The molecule has 0 saturated carbocycles. The normalized spacial score (nSPS) is 10.9. The smallest absolute Gasteiger partial charge is 0.235 e. The fourth-order valence-corrected chi connectivity index (χ4v) is 6.64. The maximum atomic E-state index is 10.6. The van der Waals surface area contributed by atoms with Crippen molar-refractivity contribution in [2.24, 2.45) is 0 Å². The molecule has 0 radical (unpaired) electrons. The molecule has 4 nitrogen and oxygen atoms in total. The van der Waals surface area contributed by atoms with E-state index in [1.165, 1.54) is 0 Å². The van der Waals surface area contributed by atoms with Gasteiger partial charge in [-0.2, -0.15) is 5.26 Å². The van der Waals surface area contributed by atoms with Crippen LogP contribution in [-0.4, -0.2) is 4.57 Å². The predicted octanol–water partition coefficient (Wildman–Crippen LogP) is 12.0. The molecule has 0 atom stereocenters. The number of benzene rings is 7. The number of anilines is 3. The third kappa shape index (κ3) is 4.86. The number of fused-ring (bicyclic) bond motifs is 3. The van der Waals surface area contributed by atoms with E-state index in [4.69, 9.17) is 6.57 Å². The number of hydrogen-bond acceptors (Lipinski definition) is 2. The SMILES string of the molecule is [C-]#[N+]c1c(N(c2ccccc2)c2ccccc2)ccc(C#N)c1-n1c2ccc(-c3ccccc3)cc2c2cc(-c3ccccc3)ccc21. The van der Waals surface area contributed by atoms with E-state index >= 15 is 0 Å². The van der Waals surface area contributed by atoms with Crippen LogP contribution in [0, 0.1) is 17.9 Å². The van der Waals surface area contributed by atoms with E-state index in [1.807, 2.05) is 109 Å². The molecular weight excluding hydrogens is 585 g/mol. The van der Waals surface area contributed by atoms with Crippen LogP contribution in [0.4, 0.5) is 22.7 Å². The molecule has 224 valence electrons. The summed E-state index contributed by atoms with van der Waals surface area (Å²) in [5.74, 6) is 0. The van der Waals surface area contributed by atoms with Crippen LogP contribution in [-0.2, 0) is 0 Å². The van der Waals surface area contributed by atoms with Gasteiger partial charge in [-0.25, -0.2) is 4.85 Å². The molecule has 8 rings (SSSR count). The Hall–Kier alpha value is -6.88. The van der Waals surface area contributed by atoms with Gasteiger partial charge in [0, 0.05) is 22.1 Å². The lowest BCUT2D eigenvalue weighted by Gasteiger charge is -2.28. The Morgan fingerprint density at radius 1 is 0.521 bits per heavy atom. The standard InChI is InChI=1S/C44H28N4/c1-46-43-42(47(36-18-10-4-11-19-36)37-20-12-5-13-21-37)27-24-35(30-45)44(43)48-40-25-22-33(31-14-6-2-7-15-31)28-38(40)39-29-34(23-26-41(39)48)32-16-8-3-9-17-32/h2-29H. The molecule has 1 aromatic heterocycles. The molecule has 8 aromatic rings. The quantitative estimate of drug-likeness (QED) is 0.175. The monoisotopic (exact) mass is 612 g/mol. The first-order valence-corrected chi connectivity index (χ1v) is 15.8. The van der Waals surface area contributed by atoms with E-state index in [9.17, 15) is 5.26 Å². The highest BCUT2D eigenvalue weighted by Crippen LogP contribution is 2.47. The summed E-state index contributed by atoms with van der Waals surface area (Å²) in [6.07, 6.45) is 0. The van der Waals surface area contributed by atoms with E-state index in [2.05, 4.69) is 81.0 Å². The van der Waals surface area contributed by atoms with Crippen molar-refractivity contribution in [3.05, 3.63) is 187 Å². The third-order valence-electron chi connectivity index (χ3n) is 8.83. The van der Waals surface area contributed by atoms with Gasteiger partial charge in [0.15, 0.2) is 0 Å². The lowest BCUT2D eigenvalue weighted by Crippen LogP contribution is -2.11. The zero-order chi connectivity index (χ0) is 32.5. The summed E-state index contributed by atoms with van der Waals surface area (Å²) in [6.45, 7) is 8.60. The highest BCUT2D eigenvalue weighted by atomic mass is 15.2. The highest BCUT2D eigenvalue weighted by molar-refractivity contribution is 6.12. The summed E-state index contributed by atoms with van der Waals surface area (Å²) in [5.41, 5.74) is 10.3. The summed E-state index contributed by atoms with van der Waals surface area (Å²) in [6, 6.07) is 59.9. The Morgan fingerprint density at radius 3 is 1.42 bits per heavy atom. The van der Waals surface area contributed by atoms with Crippen molar-refractivity contribution < 1.29 is 0 Å². The summed E-state index contributed by atoms with van der Waals surface area (Å²) >= 11 is 0. The second kappa shape index (κ2) is 12.1. The van der Waals surface area contributed by atoms with Gasteiger partial charge in [-0.1, -0.05) is 109 Å². The molecule has 0 amide bonds. The van der Waals surface area contributed by atoms with Crippen LogP contribution >= 0.6 is 0 Å². The summed E-state index contributed by atoms with van der Waals surface area (Å²) in [7, 11) is 0. The van der Waals surface area contributed by atoms with Gasteiger partial charge in [-0.05, 0) is 82.9 Å². The molecule has 1 heterocycles. The molecule has 0 fully saturated rings. The molecule has 48 heavy (non-hydrogen) atoms. The molecule has 0 spiro atoms. The molecular formula is C44H28N4. The lowest BCUT2D eigenvalue weighted by molar-refractivity contribution is 1.17. The highest BCUT2D eigenvalue weighted by Gasteiger charge is 2.25. The Labute approximate surface area is 279 Å². The van der Waals surface area contributed by atoms with Gasteiger partial charge in [0.1, 0.15) is 0 Å². The number of para-hydroxylation sites is 2. The first-order chi connectivity index (χ1) is 23.7. The zero-order valence-electron chi connectivity index (χ0n) is 26.0. The molecule has 0 aliphatic heterocycles. The van der Waals surface area contributed by atoms with Crippen molar-refractivity contribution >= 4 is 44.6 Å². The van der Waals surface area contributed by atoms with Crippen molar-refractivity contribution in [3.8, 4) is 34.0 Å². The minimum absolute atomic E-state index is 0.403. The van der Waals surface area contributed by atoms with Gasteiger partial charge in [0.05, 0.1) is 40.6 Å². The second-order valence-corrected chi connectivity index (χ2v) is 11.6. The minimum atomic E-state index is 0.403. The fraction of sp³-hybridized carbons (Fsp3) is 0. The number of hydrogen-bond donors (Lipinski definition) is 0. The minimum Gasteiger partial charge on any atom is -0.320 e. The maximum Gasteiger partial charge on any atom is 0.235 e. The van der Waals surface area contributed by atoms with E-state index in [1.54, 1.807) is 0 Å². The Bertz CT molecular complexity index is 2370. The third-order valence-corrected chi connectivity index (χ3v) is 8.83. The molecule has 0 aliphatic rings. The van der Waals surface area contributed by atoms with Crippen LogP contribution in [0.1, 0.15) is 5.56 Å². The Morgan fingerprint density at radius 2 is 0.979 bits per heavy atom. The largest absolute Gasteiger partial charge is 0.320 e. The molecule has 7 aromatic carbocycles. The fourth-order valence-electron chi connectivity index (χ4n) is 6.64. The summed E-state index contributed by atoms with van der Waals surface area (Å²) in [5, 5.41) is 12.7. The van der Waals surface area contributed by atoms with Crippen molar-refractivity contribution in [2.75, 3.05) is 4.90 Å². The van der Waals surface area contributed by atoms with Crippen LogP contribution in [0.15, 0.2) is 170 Å². The average Bonchev–Trinajstić information content (AvgIpc) is 3.49. The van der Waals surface area contributed by atoms with Crippen molar-refractivity contribution in [2.45, 2.75) is 0 Å². The van der Waals surface area contributed by atoms with Gasteiger partial charge < -0.3 is 9.47 Å². The molecule has 4 heteroatoms. The molecule has 0 N–H and O–H groups in total. The Balaban J connectivity index is 1.45. The zero-order valence-corrected chi connectivity index (χ0v) is 26.0. The van der Waals surface area contributed by atoms with Crippen LogP contribution < -0.4 is 4.90 Å². The average molecular weight is 613 g/mol. The van der Waals surface area contributed by atoms with Gasteiger partial charge in [0.2, 0.25) is 5.69 Å². The first-order valence-electron chi connectivity index (χ1n) is 15.8. The van der Waals surface area contributed by atoms with Gasteiger partial charge in [-0.15, -0.1) is 0 Å². The van der Waals surface area contributed by atoms with Gasteiger partial charge in [-0.3, -0.25) is 0 Å². The van der Waals surface area contributed by atoms with E-state index in [0.717, 1.165) is 55.4 Å². The van der Waals surface area contributed by atoms with Crippen LogP contribution in [0.2, 0.25) is 0 Å². The van der Waals surface area contributed by atoms with Crippen LogP contribution in [0.25, 0.3) is 54.6 Å². The van der Waals surface area contributed by atoms with E-state index < -0.39 is 0 Å². The van der Waals surface area contributed by atoms with Crippen LogP contribution in [0.3, 0.4) is 0 Å². The van der Waals surface area contributed by atoms with Gasteiger partial charge in [0.25, 0.3) is 0 Å². The molecule has 0 aliphatic carbocycles. The molecule has 0 saturated heterocycles. The van der Waals surface area contributed by atoms with Crippen LogP contribution in [0.5, 0.6) is 0 Å². The molecule has 0 unspecified atom stereocenters. The van der Waals surface area contributed by atoms with Crippen molar-refractivity contribution in [1.82, 2.24) is 4.57 Å². The lowest BCUT2D eigenvalue weighted by atomic mass is 10.0.